The summed E-state index contributed by atoms with van der Waals surface area (Å²) in [5.41, 5.74) is 0. The van der Waals surface area contributed by atoms with Gasteiger partial charge in [0.2, 0.25) is 0 Å². The third kappa shape index (κ3) is 2.40. The Hall–Kier alpha value is -0.260. The van der Waals surface area contributed by atoms with E-state index in [9.17, 15) is 9.90 Å². The van der Waals surface area contributed by atoms with Gasteiger partial charge in [-0.2, -0.15) is 12.6 Å². The number of aliphatic carboxylic acids is 1. The summed E-state index contributed by atoms with van der Waals surface area (Å²) < 4.78 is 0. The highest BCUT2D eigenvalue weighted by Gasteiger charge is 2.36. The van der Waals surface area contributed by atoms with Gasteiger partial charge in [-0.25, -0.2) is 0 Å². The molecule has 4 nitrogen and oxygen atoms in total. The average Bonchev–Trinajstić information content (AvgIpc) is 2.63. The third-order valence-corrected chi connectivity index (χ3v) is 3.29. The van der Waals surface area contributed by atoms with E-state index in [2.05, 4.69) is 12.6 Å². The van der Waals surface area contributed by atoms with Crippen LogP contribution >= 0.6 is 12.6 Å². The van der Waals surface area contributed by atoms with Crippen molar-refractivity contribution < 1.29 is 15.0 Å². The Morgan fingerprint density at radius 3 is 2.86 bits per heavy atom. The molecule has 0 aliphatic carbocycles. The molecule has 0 bridgehead atoms. The van der Waals surface area contributed by atoms with Gasteiger partial charge in [0.15, 0.2) is 0 Å². The number of hydrogen-bond donors (Lipinski definition) is 3. The SMILES string of the molecule is C[C@H](CS)C(O)N1CCC[C@H]1C(=O)O. The van der Waals surface area contributed by atoms with E-state index in [4.69, 9.17) is 5.11 Å². The van der Waals surface area contributed by atoms with E-state index in [0.717, 1.165) is 6.42 Å². The largest absolute Gasteiger partial charge is 0.480 e. The van der Waals surface area contributed by atoms with Gasteiger partial charge in [-0.15, -0.1) is 0 Å². The van der Waals surface area contributed by atoms with Crippen LogP contribution in [-0.2, 0) is 4.79 Å². The Bertz CT molecular complexity index is 212. The summed E-state index contributed by atoms with van der Waals surface area (Å²) in [6.07, 6.45) is 0.787. The van der Waals surface area contributed by atoms with Crippen molar-refractivity contribution >= 4 is 18.6 Å². The Balaban J connectivity index is 2.61. The second-order valence-electron chi connectivity index (χ2n) is 3.81. The fraction of sp³-hybridized carbons (Fsp3) is 0.889. The second-order valence-corrected chi connectivity index (χ2v) is 4.17. The van der Waals surface area contributed by atoms with Crippen LogP contribution in [-0.4, -0.2) is 45.6 Å². The van der Waals surface area contributed by atoms with Crippen LogP contribution < -0.4 is 0 Å². The van der Waals surface area contributed by atoms with E-state index in [0.29, 0.717) is 18.7 Å². The summed E-state index contributed by atoms with van der Waals surface area (Å²) >= 11 is 4.09. The van der Waals surface area contributed by atoms with Gasteiger partial charge < -0.3 is 10.2 Å². The quantitative estimate of drug-likeness (QED) is 0.600. The minimum Gasteiger partial charge on any atom is -0.480 e. The van der Waals surface area contributed by atoms with Crippen molar-refractivity contribution in [2.45, 2.75) is 32.0 Å². The first-order valence-electron chi connectivity index (χ1n) is 4.85. The molecule has 14 heavy (non-hydrogen) atoms. The maximum atomic E-state index is 10.9. The molecular formula is C9H17NO3S. The topological polar surface area (TPSA) is 60.8 Å². The van der Waals surface area contributed by atoms with Crippen LogP contribution in [0.1, 0.15) is 19.8 Å². The van der Waals surface area contributed by atoms with Crippen LogP contribution in [0.15, 0.2) is 0 Å². The zero-order valence-corrected chi connectivity index (χ0v) is 9.15. The predicted molar refractivity (Wildman–Crippen MR) is 56.4 cm³/mol. The highest BCUT2D eigenvalue weighted by atomic mass is 32.1. The van der Waals surface area contributed by atoms with Gasteiger partial charge in [-0.1, -0.05) is 6.92 Å². The third-order valence-electron chi connectivity index (χ3n) is 2.72. The molecule has 5 heteroatoms. The van der Waals surface area contributed by atoms with Crippen molar-refractivity contribution in [1.29, 1.82) is 0 Å². The minimum atomic E-state index is -0.840. The van der Waals surface area contributed by atoms with Crippen molar-refractivity contribution in [3.63, 3.8) is 0 Å². The van der Waals surface area contributed by atoms with E-state index in [1.165, 1.54) is 0 Å². The van der Waals surface area contributed by atoms with Gasteiger partial charge in [-0.05, 0) is 18.6 Å². The number of aliphatic hydroxyl groups is 1. The van der Waals surface area contributed by atoms with E-state index in [1.807, 2.05) is 6.92 Å². The first-order chi connectivity index (χ1) is 6.57. The second kappa shape index (κ2) is 5.00. The van der Waals surface area contributed by atoms with Crippen LogP contribution in [0, 0.1) is 5.92 Å². The molecule has 0 saturated carbocycles. The molecular weight excluding hydrogens is 202 g/mol. The molecule has 0 spiro atoms. The van der Waals surface area contributed by atoms with E-state index >= 15 is 0 Å². The number of carboxylic acids is 1. The van der Waals surface area contributed by atoms with Crippen molar-refractivity contribution in [3.8, 4) is 0 Å². The lowest BCUT2D eigenvalue weighted by Crippen LogP contribution is -2.46. The fourth-order valence-electron chi connectivity index (χ4n) is 1.79. The summed E-state index contributed by atoms with van der Waals surface area (Å²) in [6, 6.07) is -0.521. The van der Waals surface area contributed by atoms with Crippen LogP contribution in [0.5, 0.6) is 0 Å². The van der Waals surface area contributed by atoms with Gasteiger partial charge >= 0.3 is 5.97 Å². The molecule has 0 aromatic carbocycles. The molecule has 3 atom stereocenters. The standard InChI is InChI=1S/C9H17NO3S/c1-6(5-14)8(11)10-4-2-3-7(10)9(12)13/h6-8,11,14H,2-5H2,1H3,(H,12,13)/t6-,7+,8?/m1/s1. The summed E-state index contributed by atoms with van der Waals surface area (Å²) in [6.45, 7) is 2.53. The molecule has 1 rings (SSSR count). The predicted octanol–water partition coefficient (Wildman–Crippen LogP) is 0.420. The molecule has 0 amide bonds. The van der Waals surface area contributed by atoms with Gasteiger partial charge in [-0.3, -0.25) is 9.69 Å². The molecule has 1 fully saturated rings. The van der Waals surface area contributed by atoms with E-state index < -0.39 is 18.2 Å². The number of rotatable bonds is 4. The molecule has 1 unspecified atom stereocenters. The maximum Gasteiger partial charge on any atom is 0.320 e. The highest BCUT2D eigenvalue weighted by Crippen LogP contribution is 2.23. The van der Waals surface area contributed by atoms with Crippen LogP contribution in [0.2, 0.25) is 0 Å². The monoisotopic (exact) mass is 219 g/mol. The summed E-state index contributed by atoms with van der Waals surface area (Å²) in [4.78, 5) is 12.5. The van der Waals surface area contributed by atoms with Crippen molar-refractivity contribution in [3.05, 3.63) is 0 Å². The molecule has 82 valence electrons. The van der Waals surface area contributed by atoms with Gasteiger partial charge in [0.1, 0.15) is 12.3 Å². The van der Waals surface area contributed by atoms with Gasteiger partial charge in [0, 0.05) is 12.5 Å². The van der Waals surface area contributed by atoms with E-state index in [-0.39, 0.29) is 5.92 Å². The minimum absolute atomic E-state index is 0.00159. The summed E-state index contributed by atoms with van der Waals surface area (Å²) in [7, 11) is 0. The number of hydrogen-bond acceptors (Lipinski definition) is 4. The fourth-order valence-corrected chi connectivity index (χ4v) is 1.98. The molecule has 0 aromatic rings. The van der Waals surface area contributed by atoms with Crippen molar-refractivity contribution in [2.75, 3.05) is 12.3 Å². The molecule has 1 saturated heterocycles. The molecule has 2 N–H and O–H groups in total. The van der Waals surface area contributed by atoms with Gasteiger partial charge in [0.25, 0.3) is 0 Å². The van der Waals surface area contributed by atoms with Crippen molar-refractivity contribution in [1.82, 2.24) is 4.90 Å². The van der Waals surface area contributed by atoms with Crippen LogP contribution in [0.25, 0.3) is 0 Å². The van der Waals surface area contributed by atoms with Gasteiger partial charge in [0.05, 0.1) is 0 Å². The number of thiol groups is 1. The highest BCUT2D eigenvalue weighted by molar-refractivity contribution is 7.80. The smallest absolute Gasteiger partial charge is 0.320 e. The number of likely N-dealkylation sites (tertiary alicyclic amines) is 1. The zero-order chi connectivity index (χ0) is 10.7. The normalized spacial score (nSPS) is 27.5. The Kier molecular flexibility index (Phi) is 4.22. The number of carboxylic acid groups (broad SMARTS) is 1. The van der Waals surface area contributed by atoms with Crippen LogP contribution in [0.4, 0.5) is 0 Å². The summed E-state index contributed by atoms with van der Waals surface area (Å²) in [5.74, 6) is -0.282. The van der Waals surface area contributed by atoms with E-state index in [1.54, 1.807) is 4.90 Å². The Labute approximate surface area is 89.3 Å². The molecule has 0 radical (unpaired) electrons. The maximum absolute atomic E-state index is 10.9. The lowest BCUT2D eigenvalue weighted by molar-refractivity contribution is -0.147. The molecule has 1 aliphatic heterocycles. The first kappa shape index (κ1) is 11.8. The molecule has 1 heterocycles. The first-order valence-corrected chi connectivity index (χ1v) is 5.48. The Morgan fingerprint density at radius 1 is 1.71 bits per heavy atom. The number of nitrogens with zero attached hydrogens (tertiary/aromatic N) is 1. The lowest BCUT2D eigenvalue weighted by atomic mass is 10.1. The van der Waals surface area contributed by atoms with Crippen molar-refractivity contribution in [2.24, 2.45) is 5.92 Å². The lowest BCUT2D eigenvalue weighted by Gasteiger charge is -2.30. The molecule has 0 aromatic heterocycles. The van der Waals surface area contributed by atoms with Crippen LogP contribution in [0.3, 0.4) is 0 Å². The summed E-state index contributed by atoms with van der Waals surface area (Å²) in [5, 5.41) is 18.8. The molecule has 1 aliphatic rings. The zero-order valence-electron chi connectivity index (χ0n) is 8.26. The average molecular weight is 219 g/mol. The number of aliphatic hydroxyl groups excluding tert-OH is 1. The number of carbonyl (C=O) groups is 1. The Morgan fingerprint density at radius 2 is 2.36 bits per heavy atom.